The zero-order chi connectivity index (χ0) is 15.4. The standard InChI is InChI=1S/C18H19BrO2/c1-12(2)14-9-7-13(8-10-14)11-16(18(20)21)15-5-3-4-6-17(15)19/h3-10,12,16H,11H2,1-2H3,(H,20,21). The molecule has 0 aliphatic rings. The van der Waals surface area contributed by atoms with E-state index in [9.17, 15) is 9.90 Å². The summed E-state index contributed by atoms with van der Waals surface area (Å²) in [6.45, 7) is 4.30. The van der Waals surface area contributed by atoms with Crippen LogP contribution in [0.3, 0.4) is 0 Å². The highest BCUT2D eigenvalue weighted by atomic mass is 79.9. The molecule has 0 aliphatic carbocycles. The number of hydrogen-bond donors (Lipinski definition) is 1. The topological polar surface area (TPSA) is 37.3 Å². The summed E-state index contributed by atoms with van der Waals surface area (Å²) >= 11 is 3.45. The zero-order valence-electron chi connectivity index (χ0n) is 12.2. The molecule has 0 spiro atoms. The van der Waals surface area contributed by atoms with Crippen LogP contribution in [0.2, 0.25) is 0 Å². The minimum absolute atomic E-state index is 0.484. The number of carbonyl (C=O) groups is 1. The van der Waals surface area contributed by atoms with Gasteiger partial charge >= 0.3 is 5.97 Å². The summed E-state index contributed by atoms with van der Waals surface area (Å²) in [4.78, 5) is 11.6. The van der Waals surface area contributed by atoms with Gasteiger partial charge in [0.25, 0.3) is 0 Å². The normalized spacial score (nSPS) is 12.4. The zero-order valence-corrected chi connectivity index (χ0v) is 13.8. The summed E-state index contributed by atoms with van der Waals surface area (Å²) in [5, 5.41) is 9.53. The molecule has 0 fully saturated rings. The molecule has 0 bridgehead atoms. The number of carboxylic acid groups (broad SMARTS) is 1. The van der Waals surface area contributed by atoms with Gasteiger partial charge in [-0.3, -0.25) is 4.79 Å². The minimum Gasteiger partial charge on any atom is -0.481 e. The van der Waals surface area contributed by atoms with Crippen molar-refractivity contribution < 1.29 is 9.90 Å². The molecule has 0 radical (unpaired) electrons. The van der Waals surface area contributed by atoms with Gasteiger partial charge in [-0.2, -0.15) is 0 Å². The number of hydrogen-bond acceptors (Lipinski definition) is 1. The monoisotopic (exact) mass is 346 g/mol. The lowest BCUT2D eigenvalue weighted by molar-refractivity contribution is -0.138. The summed E-state index contributed by atoms with van der Waals surface area (Å²) in [5.41, 5.74) is 3.13. The fraction of sp³-hybridized carbons (Fsp3) is 0.278. The molecule has 1 unspecified atom stereocenters. The van der Waals surface area contributed by atoms with E-state index in [1.54, 1.807) is 0 Å². The smallest absolute Gasteiger partial charge is 0.311 e. The first-order valence-corrected chi connectivity index (χ1v) is 7.84. The van der Waals surface area contributed by atoms with Crippen LogP contribution >= 0.6 is 15.9 Å². The fourth-order valence-corrected chi connectivity index (χ4v) is 2.92. The lowest BCUT2D eigenvalue weighted by Crippen LogP contribution is -2.15. The molecule has 1 N–H and O–H groups in total. The second-order valence-corrected chi connectivity index (χ2v) is 6.37. The van der Waals surface area contributed by atoms with Gasteiger partial charge in [-0.15, -0.1) is 0 Å². The van der Waals surface area contributed by atoms with Crippen molar-refractivity contribution in [3.63, 3.8) is 0 Å². The average Bonchev–Trinajstić information content (AvgIpc) is 2.46. The molecule has 3 heteroatoms. The van der Waals surface area contributed by atoms with Gasteiger partial charge in [0, 0.05) is 4.47 Å². The van der Waals surface area contributed by atoms with Crippen molar-refractivity contribution >= 4 is 21.9 Å². The molecule has 0 saturated heterocycles. The Kier molecular flexibility index (Phi) is 5.18. The second-order valence-electron chi connectivity index (χ2n) is 5.51. The molecule has 110 valence electrons. The maximum absolute atomic E-state index is 11.6. The molecule has 1 atom stereocenters. The highest BCUT2D eigenvalue weighted by Crippen LogP contribution is 2.28. The van der Waals surface area contributed by atoms with Crippen molar-refractivity contribution in [2.45, 2.75) is 32.1 Å². The first-order chi connectivity index (χ1) is 9.99. The molecule has 0 heterocycles. The van der Waals surface area contributed by atoms with Crippen molar-refractivity contribution in [3.05, 3.63) is 69.7 Å². The number of rotatable bonds is 5. The van der Waals surface area contributed by atoms with Gasteiger partial charge in [0.05, 0.1) is 5.92 Å². The van der Waals surface area contributed by atoms with E-state index in [4.69, 9.17) is 0 Å². The van der Waals surface area contributed by atoms with Crippen molar-refractivity contribution in [1.82, 2.24) is 0 Å². The highest BCUT2D eigenvalue weighted by Gasteiger charge is 2.22. The Morgan fingerprint density at radius 3 is 2.24 bits per heavy atom. The third-order valence-corrected chi connectivity index (χ3v) is 4.39. The van der Waals surface area contributed by atoms with E-state index in [-0.39, 0.29) is 0 Å². The summed E-state index contributed by atoms with van der Waals surface area (Å²) in [5.74, 6) is -0.849. The fourth-order valence-electron chi connectivity index (χ4n) is 2.36. The van der Waals surface area contributed by atoms with Crippen molar-refractivity contribution in [3.8, 4) is 0 Å². The molecule has 0 aromatic heterocycles. The Morgan fingerprint density at radius 1 is 1.10 bits per heavy atom. The maximum atomic E-state index is 11.6. The van der Waals surface area contributed by atoms with Crippen LogP contribution in [-0.4, -0.2) is 11.1 Å². The van der Waals surface area contributed by atoms with Crippen LogP contribution in [0.1, 0.15) is 42.4 Å². The number of aliphatic carboxylic acids is 1. The lowest BCUT2D eigenvalue weighted by Gasteiger charge is -2.15. The molecule has 0 aliphatic heterocycles. The van der Waals surface area contributed by atoms with Crippen molar-refractivity contribution in [2.24, 2.45) is 0 Å². The van der Waals surface area contributed by atoms with Gasteiger partial charge < -0.3 is 5.11 Å². The largest absolute Gasteiger partial charge is 0.481 e. The number of halogens is 1. The SMILES string of the molecule is CC(C)c1ccc(CC(C(=O)O)c2ccccc2Br)cc1. The summed E-state index contributed by atoms with van der Waals surface area (Å²) < 4.78 is 0.844. The molecule has 0 saturated carbocycles. The van der Waals surface area contributed by atoms with Gasteiger partial charge in [-0.25, -0.2) is 0 Å². The van der Waals surface area contributed by atoms with Gasteiger partial charge in [-0.05, 0) is 35.1 Å². The molecular weight excluding hydrogens is 328 g/mol. The maximum Gasteiger partial charge on any atom is 0.311 e. The summed E-state index contributed by atoms with van der Waals surface area (Å²) in [7, 11) is 0. The first kappa shape index (κ1) is 15.8. The number of carboxylic acids is 1. The summed E-state index contributed by atoms with van der Waals surface area (Å²) in [6.07, 6.45) is 0.496. The predicted molar refractivity (Wildman–Crippen MR) is 88.8 cm³/mol. The third-order valence-electron chi connectivity index (χ3n) is 3.66. The van der Waals surface area contributed by atoms with Crippen LogP contribution in [0.4, 0.5) is 0 Å². The van der Waals surface area contributed by atoms with Crippen LogP contribution in [0, 0.1) is 0 Å². The van der Waals surface area contributed by atoms with Gasteiger partial charge in [0.2, 0.25) is 0 Å². The molecule has 2 aromatic rings. The van der Waals surface area contributed by atoms with Gasteiger partial charge in [0.1, 0.15) is 0 Å². The molecule has 2 nitrogen and oxygen atoms in total. The van der Waals surface area contributed by atoms with E-state index in [0.29, 0.717) is 12.3 Å². The van der Waals surface area contributed by atoms with Crippen LogP contribution < -0.4 is 0 Å². The van der Waals surface area contributed by atoms with Crippen molar-refractivity contribution in [2.75, 3.05) is 0 Å². The van der Waals surface area contributed by atoms with Gasteiger partial charge in [0.15, 0.2) is 0 Å². The Balaban J connectivity index is 2.25. The Morgan fingerprint density at radius 2 is 1.71 bits per heavy atom. The molecule has 0 amide bonds. The summed E-state index contributed by atoms with van der Waals surface area (Å²) in [6, 6.07) is 15.7. The van der Waals surface area contributed by atoms with E-state index in [1.165, 1.54) is 5.56 Å². The van der Waals surface area contributed by atoms with Gasteiger partial charge in [-0.1, -0.05) is 72.2 Å². The molecular formula is C18H19BrO2. The quantitative estimate of drug-likeness (QED) is 0.828. The van der Waals surface area contributed by atoms with Crippen LogP contribution in [0.25, 0.3) is 0 Å². The van der Waals surface area contributed by atoms with E-state index >= 15 is 0 Å². The molecule has 2 aromatic carbocycles. The lowest BCUT2D eigenvalue weighted by atomic mass is 9.91. The molecule has 2 rings (SSSR count). The second kappa shape index (κ2) is 6.90. The van der Waals surface area contributed by atoms with E-state index in [1.807, 2.05) is 36.4 Å². The average molecular weight is 347 g/mol. The predicted octanol–water partition coefficient (Wildman–Crippen LogP) is 4.98. The highest BCUT2D eigenvalue weighted by molar-refractivity contribution is 9.10. The van der Waals surface area contributed by atoms with Crippen LogP contribution in [0.15, 0.2) is 53.0 Å². The minimum atomic E-state index is -0.796. The first-order valence-electron chi connectivity index (χ1n) is 7.05. The third kappa shape index (κ3) is 3.94. The Bertz CT molecular complexity index is 617. The van der Waals surface area contributed by atoms with E-state index in [0.717, 1.165) is 15.6 Å². The van der Waals surface area contributed by atoms with E-state index < -0.39 is 11.9 Å². The van der Waals surface area contributed by atoms with Crippen LogP contribution in [0.5, 0.6) is 0 Å². The van der Waals surface area contributed by atoms with E-state index in [2.05, 4.69) is 41.9 Å². The van der Waals surface area contributed by atoms with Crippen molar-refractivity contribution in [1.29, 1.82) is 0 Å². The van der Waals surface area contributed by atoms with Crippen LogP contribution in [-0.2, 0) is 11.2 Å². The molecule has 21 heavy (non-hydrogen) atoms. The number of benzene rings is 2. The Hall–Kier alpha value is -1.61. The Labute approximate surface area is 134 Å².